The number of nitrogens with one attached hydrogen (secondary N) is 1. The van der Waals surface area contributed by atoms with Crippen molar-refractivity contribution < 1.29 is 4.74 Å². The highest BCUT2D eigenvalue weighted by molar-refractivity contribution is 5.85. The van der Waals surface area contributed by atoms with Gasteiger partial charge in [-0.25, -0.2) is 9.97 Å². The predicted octanol–water partition coefficient (Wildman–Crippen LogP) is 1.20. The van der Waals surface area contributed by atoms with E-state index >= 15 is 0 Å². The minimum atomic E-state index is 0. The molecule has 0 saturated carbocycles. The molecule has 2 rings (SSSR count). The van der Waals surface area contributed by atoms with Crippen molar-refractivity contribution in [3.05, 3.63) is 18.0 Å². The van der Waals surface area contributed by atoms with Gasteiger partial charge in [-0.05, 0) is 26.0 Å². The first-order chi connectivity index (χ1) is 6.84. The van der Waals surface area contributed by atoms with Gasteiger partial charge in [-0.15, -0.1) is 12.4 Å². The van der Waals surface area contributed by atoms with E-state index in [1.165, 1.54) is 6.42 Å². The first-order valence-corrected chi connectivity index (χ1v) is 4.98. The Morgan fingerprint density at radius 1 is 1.60 bits per heavy atom. The van der Waals surface area contributed by atoms with Crippen molar-refractivity contribution in [2.45, 2.75) is 13.3 Å². The van der Waals surface area contributed by atoms with Crippen LogP contribution in [0.25, 0.3) is 0 Å². The molecule has 0 aliphatic carbocycles. The second-order valence-corrected chi connectivity index (χ2v) is 3.65. The van der Waals surface area contributed by atoms with E-state index in [1.807, 2.05) is 13.0 Å². The molecule has 84 valence electrons. The number of hydrogen-bond acceptors (Lipinski definition) is 4. The predicted molar refractivity (Wildman–Crippen MR) is 60.5 cm³/mol. The Kier molecular flexibility index (Phi) is 4.78. The van der Waals surface area contributed by atoms with Gasteiger partial charge in [-0.2, -0.15) is 0 Å². The quantitative estimate of drug-likeness (QED) is 0.846. The number of aromatic nitrogens is 2. The molecule has 0 amide bonds. The number of aryl methyl sites for hydroxylation is 1. The number of hydrogen-bond donors (Lipinski definition) is 1. The van der Waals surface area contributed by atoms with Gasteiger partial charge in [0.05, 0.1) is 6.61 Å². The zero-order valence-corrected chi connectivity index (χ0v) is 9.59. The van der Waals surface area contributed by atoms with E-state index in [9.17, 15) is 0 Å². The minimum absolute atomic E-state index is 0. The fraction of sp³-hybridized carbons (Fsp3) is 0.600. The summed E-state index contributed by atoms with van der Waals surface area (Å²) in [4.78, 5) is 8.23. The fourth-order valence-electron chi connectivity index (χ4n) is 1.54. The summed E-state index contributed by atoms with van der Waals surface area (Å²) in [7, 11) is 0. The SMILES string of the molecule is Cc1ccnc(OCC2CCNC2)n1.Cl. The molecule has 0 radical (unpaired) electrons. The largest absolute Gasteiger partial charge is 0.463 e. The molecule has 2 heterocycles. The summed E-state index contributed by atoms with van der Waals surface area (Å²) in [5, 5.41) is 3.30. The molecule has 0 aromatic carbocycles. The van der Waals surface area contributed by atoms with Gasteiger partial charge in [0, 0.05) is 24.4 Å². The van der Waals surface area contributed by atoms with Gasteiger partial charge in [-0.3, -0.25) is 0 Å². The molecular weight excluding hydrogens is 214 g/mol. The van der Waals surface area contributed by atoms with Gasteiger partial charge in [0.15, 0.2) is 0 Å². The van der Waals surface area contributed by atoms with Gasteiger partial charge >= 0.3 is 6.01 Å². The summed E-state index contributed by atoms with van der Waals surface area (Å²) in [6.07, 6.45) is 2.91. The summed E-state index contributed by atoms with van der Waals surface area (Å²) in [6.45, 7) is 4.80. The summed E-state index contributed by atoms with van der Waals surface area (Å²) in [5.74, 6) is 0.610. The van der Waals surface area contributed by atoms with E-state index in [2.05, 4.69) is 15.3 Å². The van der Waals surface area contributed by atoms with Crippen LogP contribution in [0.5, 0.6) is 6.01 Å². The van der Waals surface area contributed by atoms with Crippen LogP contribution in [-0.2, 0) is 0 Å². The average molecular weight is 230 g/mol. The zero-order chi connectivity index (χ0) is 9.80. The summed E-state index contributed by atoms with van der Waals surface area (Å²) in [6, 6.07) is 2.36. The molecule has 1 atom stereocenters. The normalized spacial score (nSPS) is 19.7. The summed E-state index contributed by atoms with van der Waals surface area (Å²) in [5.41, 5.74) is 0.944. The van der Waals surface area contributed by atoms with E-state index in [4.69, 9.17) is 4.74 Å². The highest BCUT2D eigenvalue weighted by Crippen LogP contribution is 2.09. The lowest BCUT2D eigenvalue weighted by Gasteiger charge is -2.08. The third-order valence-electron chi connectivity index (χ3n) is 2.38. The molecule has 4 nitrogen and oxygen atoms in total. The molecule has 1 aromatic rings. The van der Waals surface area contributed by atoms with Crippen LogP contribution >= 0.6 is 12.4 Å². The van der Waals surface area contributed by atoms with Crippen molar-refractivity contribution in [3.63, 3.8) is 0 Å². The summed E-state index contributed by atoms with van der Waals surface area (Å²) < 4.78 is 5.51. The molecule has 5 heteroatoms. The van der Waals surface area contributed by atoms with Crippen LogP contribution in [0, 0.1) is 12.8 Å². The van der Waals surface area contributed by atoms with Crippen molar-refractivity contribution in [2.24, 2.45) is 5.92 Å². The van der Waals surface area contributed by atoms with Gasteiger partial charge in [0.25, 0.3) is 0 Å². The van der Waals surface area contributed by atoms with Gasteiger partial charge in [0.2, 0.25) is 0 Å². The van der Waals surface area contributed by atoms with E-state index in [0.717, 1.165) is 25.4 Å². The average Bonchev–Trinajstić information content (AvgIpc) is 2.67. The Labute approximate surface area is 95.9 Å². The first kappa shape index (κ1) is 12.2. The Bertz CT molecular complexity index is 302. The molecule has 0 bridgehead atoms. The van der Waals surface area contributed by atoms with Crippen molar-refractivity contribution in [1.82, 2.24) is 15.3 Å². The maximum Gasteiger partial charge on any atom is 0.316 e. The molecule has 1 saturated heterocycles. The Hall–Kier alpha value is -0.870. The standard InChI is InChI=1S/C10H15N3O.ClH/c1-8-2-5-12-10(13-8)14-7-9-3-4-11-6-9;/h2,5,9,11H,3-4,6-7H2,1H3;1H. The molecule has 1 unspecified atom stereocenters. The van der Waals surface area contributed by atoms with Crippen LogP contribution in [0.2, 0.25) is 0 Å². The molecule has 1 fully saturated rings. The lowest BCUT2D eigenvalue weighted by Crippen LogP contribution is -2.16. The van der Waals surface area contributed by atoms with Crippen LogP contribution in [0.15, 0.2) is 12.3 Å². The van der Waals surface area contributed by atoms with Crippen molar-refractivity contribution in [2.75, 3.05) is 19.7 Å². The van der Waals surface area contributed by atoms with E-state index in [-0.39, 0.29) is 12.4 Å². The lowest BCUT2D eigenvalue weighted by atomic mass is 10.1. The number of rotatable bonds is 3. The molecule has 1 aromatic heterocycles. The Balaban J connectivity index is 0.00000112. The molecule has 15 heavy (non-hydrogen) atoms. The Morgan fingerprint density at radius 3 is 3.13 bits per heavy atom. The number of halogens is 1. The van der Waals surface area contributed by atoms with Crippen molar-refractivity contribution in [1.29, 1.82) is 0 Å². The first-order valence-electron chi connectivity index (χ1n) is 4.98. The zero-order valence-electron chi connectivity index (χ0n) is 8.77. The van der Waals surface area contributed by atoms with Crippen molar-refractivity contribution in [3.8, 4) is 6.01 Å². The van der Waals surface area contributed by atoms with E-state index < -0.39 is 0 Å². The fourth-order valence-corrected chi connectivity index (χ4v) is 1.54. The van der Waals surface area contributed by atoms with Gasteiger partial charge in [0.1, 0.15) is 0 Å². The highest BCUT2D eigenvalue weighted by Gasteiger charge is 2.15. The van der Waals surface area contributed by atoms with Crippen LogP contribution in [-0.4, -0.2) is 29.7 Å². The summed E-state index contributed by atoms with van der Waals surface area (Å²) >= 11 is 0. The van der Waals surface area contributed by atoms with Crippen molar-refractivity contribution >= 4 is 12.4 Å². The minimum Gasteiger partial charge on any atom is -0.463 e. The maximum atomic E-state index is 5.51. The number of nitrogens with zero attached hydrogens (tertiary/aromatic N) is 2. The molecule has 1 aliphatic rings. The Morgan fingerprint density at radius 2 is 2.47 bits per heavy atom. The smallest absolute Gasteiger partial charge is 0.316 e. The number of ether oxygens (including phenoxy) is 1. The second-order valence-electron chi connectivity index (χ2n) is 3.65. The van der Waals surface area contributed by atoms with E-state index in [0.29, 0.717) is 11.9 Å². The molecule has 1 aliphatic heterocycles. The molecule has 0 spiro atoms. The monoisotopic (exact) mass is 229 g/mol. The molecular formula is C10H16ClN3O. The van der Waals surface area contributed by atoms with Gasteiger partial charge in [-0.1, -0.05) is 0 Å². The van der Waals surface area contributed by atoms with Crippen LogP contribution in [0.4, 0.5) is 0 Å². The van der Waals surface area contributed by atoms with E-state index in [1.54, 1.807) is 6.20 Å². The topological polar surface area (TPSA) is 47.0 Å². The lowest BCUT2D eigenvalue weighted by molar-refractivity contribution is 0.241. The van der Waals surface area contributed by atoms with Gasteiger partial charge < -0.3 is 10.1 Å². The third-order valence-corrected chi connectivity index (χ3v) is 2.38. The second kappa shape index (κ2) is 5.88. The van der Waals surface area contributed by atoms with Crippen LogP contribution in [0.3, 0.4) is 0 Å². The molecule has 1 N–H and O–H groups in total. The van der Waals surface area contributed by atoms with Crippen LogP contribution in [0.1, 0.15) is 12.1 Å². The highest BCUT2D eigenvalue weighted by atomic mass is 35.5. The maximum absolute atomic E-state index is 5.51. The van der Waals surface area contributed by atoms with Crippen LogP contribution < -0.4 is 10.1 Å². The third kappa shape index (κ3) is 3.64.